The second-order valence-electron chi connectivity index (χ2n) is 6.27. The number of amides is 1. The Labute approximate surface area is 140 Å². The number of aryl methyl sites for hydroxylation is 1. The van der Waals surface area contributed by atoms with Gasteiger partial charge in [0.1, 0.15) is 23.3 Å². The van der Waals surface area contributed by atoms with Crippen LogP contribution in [0, 0.1) is 6.92 Å². The summed E-state index contributed by atoms with van der Waals surface area (Å²) in [6.07, 6.45) is 3.24. The number of fused-ring (bicyclic) bond motifs is 1. The van der Waals surface area contributed by atoms with E-state index in [1.807, 2.05) is 36.1 Å². The number of para-hydroxylation sites is 1. The molecule has 0 aliphatic carbocycles. The number of thiazole rings is 1. The van der Waals surface area contributed by atoms with Crippen LogP contribution >= 0.6 is 11.3 Å². The molecular formula is C18H20N2O2S. The fourth-order valence-corrected chi connectivity index (χ4v) is 4.49. The summed E-state index contributed by atoms with van der Waals surface area (Å²) in [6, 6.07) is 8.01. The Bertz CT molecular complexity index is 727. The van der Waals surface area contributed by atoms with Gasteiger partial charge in [0.25, 0.3) is 0 Å². The van der Waals surface area contributed by atoms with E-state index in [4.69, 9.17) is 4.74 Å². The molecule has 4 nitrogen and oxygen atoms in total. The van der Waals surface area contributed by atoms with E-state index in [1.54, 1.807) is 11.3 Å². The van der Waals surface area contributed by atoms with Gasteiger partial charge in [0.15, 0.2) is 0 Å². The lowest BCUT2D eigenvalue weighted by molar-refractivity contribution is -0.137. The number of benzene rings is 1. The van der Waals surface area contributed by atoms with E-state index in [-0.39, 0.29) is 17.9 Å². The molecular weight excluding hydrogens is 308 g/mol. The number of likely N-dealkylation sites (tertiary alicyclic amines) is 1. The minimum atomic E-state index is -0.173. The number of hydrogen-bond acceptors (Lipinski definition) is 4. The summed E-state index contributed by atoms with van der Waals surface area (Å²) in [5.41, 5.74) is 2.06. The van der Waals surface area contributed by atoms with Gasteiger partial charge in [-0.05, 0) is 32.3 Å². The molecule has 5 heteroatoms. The molecule has 0 spiro atoms. The standard InChI is InChI=1S/C18H20N2O2S/c1-12-11-23-17(19-12)15-7-4-5-9-20(15)18(21)14-10-22-16-8-3-2-6-13(14)16/h2-3,6,8,11,14-15H,4-5,7,9-10H2,1H3/t14-,15+/m0/s1. The van der Waals surface area contributed by atoms with Crippen LogP contribution in [0.1, 0.15) is 47.5 Å². The second-order valence-corrected chi connectivity index (χ2v) is 7.16. The lowest BCUT2D eigenvalue weighted by atomic mass is 9.96. The van der Waals surface area contributed by atoms with E-state index in [0.717, 1.165) is 47.8 Å². The van der Waals surface area contributed by atoms with Gasteiger partial charge in [-0.2, -0.15) is 0 Å². The zero-order valence-electron chi connectivity index (χ0n) is 13.2. The Morgan fingerprint density at radius 3 is 3.04 bits per heavy atom. The van der Waals surface area contributed by atoms with Crippen LogP contribution in [0.15, 0.2) is 29.6 Å². The SMILES string of the molecule is Cc1csc([C@H]2CCCCN2C(=O)[C@H]2COc3ccccc32)n1. The van der Waals surface area contributed by atoms with Crippen LogP contribution in [0.3, 0.4) is 0 Å². The molecule has 1 fully saturated rings. The van der Waals surface area contributed by atoms with Crippen LogP contribution in [0.4, 0.5) is 0 Å². The summed E-state index contributed by atoms with van der Waals surface area (Å²) in [5, 5.41) is 3.14. The number of hydrogen-bond donors (Lipinski definition) is 0. The molecule has 2 aliphatic rings. The highest BCUT2D eigenvalue weighted by atomic mass is 32.1. The lowest BCUT2D eigenvalue weighted by Crippen LogP contribution is -2.41. The molecule has 120 valence electrons. The van der Waals surface area contributed by atoms with E-state index in [1.165, 1.54) is 0 Å². The molecule has 2 aliphatic heterocycles. The minimum absolute atomic E-state index is 0.128. The fraction of sp³-hybridized carbons (Fsp3) is 0.444. The maximum atomic E-state index is 13.2. The van der Waals surface area contributed by atoms with Crippen molar-refractivity contribution in [3.05, 3.63) is 45.9 Å². The fourth-order valence-electron chi connectivity index (χ4n) is 3.54. The Morgan fingerprint density at radius 2 is 2.22 bits per heavy atom. The second kappa shape index (κ2) is 5.96. The molecule has 1 aromatic carbocycles. The molecule has 1 aromatic heterocycles. The highest BCUT2D eigenvalue weighted by Gasteiger charge is 2.38. The zero-order chi connectivity index (χ0) is 15.8. The van der Waals surface area contributed by atoms with Crippen molar-refractivity contribution < 1.29 is 9.53 Å². The first-order valence-electron chi connectivity index (χ1n) is 8.18. The van der Waals surface area contributed by atoms with Crippen molar-refractivity contribution in [2.45, 2.75) is 38.1 Å². The summed E-state index contributed by atoms with van der Waals surface area (Å²) < 4.78 is 5.71. The number of ether oxygens (including phenoxy) is 1. The Kier molecular flexibility index (Phi) is 3.81. The van der Waals surface area contributed by atoms with Crippen molar-refractivity contribution in [1.82, 2.24) is 9.88 Å². The Morgan fingerprint density at radius 1 is 1.35 bits per heavy atom. The quantitative estimate of drug-likeness (QED) is 0.844. The Balaban J connectivity index is 1.61. The largest absolute Gasteiger partial charge is 0.492 e. The number of aromatic nitrogens is 1. The molecule has 0 saturated carbocycles. The number of piperidine rings is 1. The van der Waals surface area contributed by atoms with E-state index in [0.29, 0.717) is 6.61 Å². The summed E-state index contributed by atoms with van der Waals surface area (Å²) in [7, 11) is 0. The topological polar surface area (TPSA) is 42.4 Å². The maximum Gasteiger partial charge on any atom is 0.234 e. The first kappa shape index (κ1) is 14.7. The molecule has 23 heavy (non-hydrogen) atoms. The first-order valence-corrected chi connectivity index (χ1v) is 9.06. The van der Waals surface area contributed by atoms with E-state index < -0.39 is 0 Å². The summed E-state index contributed by atoms with van der Waals surface area (Å²) in [4.78, 5) is 19.8. The highest BCUT2D eigenvalue weighted by Crippen LogP contribution is 2.39. The van der Waals surface area contributed by atoms with E-state index in [2.05, 4.69) is 10.4 Å². The molecule has 2 atom stereocenters. The van der Waals surface area contributed by atoms with Crippen molar-refractivity contribution in [2.75, 3.05) is 13.2 Å². The van der Waals surface area contributed by atoms with Crippen LogP contribution in [-0.4, -0.2) is 28.9 Å². The molecule has 0 unspecified atom stereocenters. The summed E-state index contributed by atoms with van der Waals surface area (Å²) in [5.74, 6) is 0.866. The molecule has 1 saturated heterocycles. The van der Waals surface area contributed by atoms with Crippen LogP contribution in [0.5, 0.6) is 5.75 Å². The molecule has 0 N–H and O–H groups in total. The summed E-state index contributed by atoms with van der Waals surface area (Å²) in [6.45, 7) is 3.29. The number of carbonyl (C=O) groups excluding carboxylic acids is 1. The number of nitrogens with zero attached hydrogens (tertiary/aromatic N) is 2. The van der Waals surface area contributed by atoms with E-state index >= 15 is 0 Å². The number of rotatable bonds is 2. The highest BCUT2D eigenvalue weighted by molar-refractivity contribution is 7.09. The molecule has 2 aromatic rings. The van der Waals surface area contributed by atoms with Gasteiger partial charge in [-0.15, -0.1) is 11.3 Å². The molecule has 4 rings (SSSR count). The van der Waals surface area contributed by atoms with Crippen LogP contribution in [-0.2, 0) is 4.79 Å². The van der Waals surface area contributed by atoms with E-state index in [9.17, 15) is 4.79 Å². The Hall–Kier alpha value is -1.88. The van der Waals surface area contributed by atoms with Gasteiger partial charge in [-0.1, -0.05) is 18.2 Å². The van der Waals surface area contributed by atoms with Gasteiger partial charge in [-0.25, -0.2) is 4.98 Å². The van der Waals surface area contributed by atoms with Crippen molar-refractivity contribution in [3.8, 4) is 5.75 Å². The predicted molar refractivity (Wildman–Crippen MR) is 89.8 cm³/mol. The average molecular weight is 328 g/mol. The minimum Gasteiger partial charge on any atom is -0.492 e. The number of carbonyl (C=O) groups is 1. The van der Waals surface area contributed by atoms with Gasteiger partial charge in [0.05, 0.1) is 6.04 Å². The third-order valence-corrected chi connectivity index (χ3v) is 5.77. The van der Waals surface area contributed by atoms with Crippen molar-refractivity contribution in [1.29, 1.82) is 0 Å². The van der Waals surface area contributed by atoms with Gasteiger partial charge in [0, 0.05) is 23.2 Å². The molecule has 1 amide bonds. The summed E-state index contributed by atoms with van der Waals surface area (Å²) >= 11 is 1.67. The van der Waals surface area contributed by atoms with Crippen LogP contribution in [0.2, 0.25) is 0 Å². The van der Waals surface area contributed by atoms with Crippen molar-refractivity contribution >= 4 is 17.2 Å². The third-order valence-electron chi connectivity index (χ3n) is 4.71. The normalized spacial score (nSPS) is 23.4. The monoisotopic (exact) mass is 328 g/mol. The smallest absolute Gasteiger partial charge is 0.234 e. The molecule has 3 heterocycles. The van der Waals surface area contributed by atoms with Gasteiger partial charge >= 0.3 is 0 Å². The van der Waals surface area contributed by atoms with Gasteiger partial charge in [-0.3, -0.25) is 4.79 Å². The van der Waals surface area contributed by atoms with Crippen molar-refractivity contribution in [3.63, 3.8) is 0 Å². The molecule has 0 bridgehead atoms. The predicted octanol–water partition coefficient (Wildman–Crippen LogP) is 3.68. The van der Waals surface area contributed by atoms with Crippen LogP contribution < -0.4 is 4.74 Å². The average Bonchev–Trinajstić information content (AvgIpc) is 3.20. The van der Waals surface area contributed by atoms with Crippen LogP contribution in [0.25, 0.3) is 0 Å². The first-order chi connectivity index (χ1) is 11.2. The lowest BCUT2D eigenvalue weighted by Gasteiger charge is -2.36. The third kappa shape index (κ3) is 2.63. The van der Waals surface area contributed by atoms with Gasteiger partial charge < -0.3 is 9.64 Å². The van der Waals surface area contributed by atoms with Gasteiger partial charge in [0.2, 0.25) is 5.91 Å². The molecule has 0 radical (unpaired) electrons. The van der Waals surface area contributed by atoms with Crippen molar-refractivity contribution in [2.24, 2.45) is 0 Å². The maximum absolute atomic E-state index is 13.2. The zero-order valence-corrected chi connectivity index (χ0v) is 14.0.